The number of anilines is 1. The van der Waals surface area contributed by atoms with E-state index < -0.39 is 17.7 Å². The molecule has 3 rings (SSSR count). The fourth-order valence-corrected chi connectivity index (χ4v) is 3.50. The highest BCUT2D eigenvalue weighted by Crippen LogP contribution is 2.26. The van der Waals surface area contributed by atoms with Crippen LogP contribution >= 0.6 is 0 Å². The summed E-state index contributed by atoms with van der Waals surface area (Å²) in [6, 6.07) is 7.26. The number of aryl methyl sites for hydroxylation is 1. The molecule has 0 aliphatic carbocycles. The summed E-state index contributed by atoms with van der Waals surface area (Å²) in [6.45, 7) is 9.58. The summed E-state index contributed by atoms with van der Waals surface area (Å²) in [5, 5.41) is 8.79. The second-order valence-corrected chi connectivity index (χ2v) is 8.66. The molecule has 0 aromatic carbocycles. The summed E-state index contributed by atoms with van der Waals surface area (Å²) in [4.78, 5) is 32.0. The van der Waals surface area contributed by atoms with Gasteiger partial charge in [-0.2, -0.15) is 0 Å². The Hall–Kier alpha value is -3.13. The van der Waals surface area contributed by atoms with Crippen LogP contribution in [-0.2, 0) is 16.1 Å². The molecule has 1 atom stereocenters. The smallest absolute Gasteiger partial charge is 0.416 e. The summed E-state index contributed by atoms with van der Waals surface area (Å²) in [5.74, 6) is 1.22. The topological polar surface area (TPSA) is 96.1 Å². The Bertz CT molecular complexity index is 943. The molecule has 1 saturated heterocycles. The van der Waals surface area contributed by atoms with Crippen molar-refractivity contribution < 1.29 is 23.8 Å². The van der Waals surface area contributed by atoms with E-state index in [0.717, 1.165) is 30.6 Å². The Labute approximate surface area is 182 Å². The van der Waals surface area contributed by atoms with Crippen molar-refractivity contribution in [3.63, 3.8) is 0 Å². The van der Waals surface area contributed by atoms with E-state index in [4.69, 9.17) is 14.3 Å². The number of ether oxygens (including phenoxy) is 1. The van der Waals surface area contributed by atoms with E-state index in [1.807, 2.05) is 39.8 Å². The average Bonchev–Trinajstić information content (AvgIpc) is 3.29. The highest BCUT2D eigenvalue weighted by Gasteiger charge is 2.35. The van der Waals surface area contributed by atoms with E-state index in [1.165, 1.54) is 6.08 Å². The lowest BCUT2D eigenvalue weighted by molar-refractivity contribution is -0.131. The number of nitrogens with zero attached hydrogens (tertiary/aromatic N) is 3. The summed E-state index contributed by atoms with van der Waals surface area (Å²) >= 11 is 0. The van der Waals surface area contributed by atoms with Crippen LogP contribution in [-0.4, -0.2) is 51.8 Å². The number of carbonyl (C=O) groups is 2. The Balaban J connectivity index is 1.78. The third-order valence-corrected chi connectivity index (χ3v) is 4.81. The molecule has 1 amide bonds. The van der Waals surface area contributed by atoms with Gasteiger partial charge >= 0.3 is 12.1 Å². The van der Waals surface area contributed by atoms with Gasteiger partial charge in [-0.1, -0.05) is 0 Å². The fourth-order valence-electron chi connectivity index (χ4n) is 3.50. The lowest BCUT2D eigenvalue weighted by Crippen LogP contribution is -2.45. The number of likely N-dealkylation sites (tertiary alicyclic amines) is 1. The number of hydrogen-bond donors (Lipinski definition) is 1. The first-order valence-corrected chi connectivity index (χ1v) is 10.3. The Kier molecular flexibility index (Phi) is 6.80. The maximum atomic E-state index is 13.0. The van der Waals surface area contributed by atoms with Gasteiger partial charge in [0.15, 0.2) is 0 Å². The first kappa shape index (κ1) is 22.6. The van der Waals surface area contributed by atoms with Gasteiger partial charge in [-0.3, -0.25) is 9.80 Å². The first-order chi connectivity index (χ1) is 14.6. The van der Waals surface area contributed by atoms with Crippen LogP contribution in [0, 0.1) is 6.92 Å². The molecule has 3 heterocycles. The normalized spacial score (nSPS) is 17.2. The van der Waals surface area contributed by atoms with Gasteiger partial charge in [-0.25, -0.2) is 14.6 Å². The Morgan fingerprint density at radius 1 is 1.32 bits per heavy atom. The van der Waals surface area contributed by atoms with Crippen LogP contribution < -0.4 is 4.90 Å². The highest BCUT2D eigenvalue weighted by molar-refractivity contribution is 5.88. The van der Waals surface area contributed by atoms with Crippen molar-refractivity contribution in [2.75, 3.05) is 18.0 Å². The molecule has 0 radical (unpaired) electrons. The number of carboxylic acid groups (broad SMARTS) is 1. The fraction of sp³-hybridized carbons (Fsp3) is 0.435. The number of hydrogen-bond acceptors (Lipinski definition) is 6. The summed E-state index contributed by atoms with van der Waals surface area (Å²) in [6.07, 6.45) is 4.38. The summed E-state index contributed by atoms with van der Waals surface area (Å²) in [7, 11) is 0. The molecule has 0 saturated carbocycles. The largest absolute Gasteiger partial charge is 0.478 e. The molecule has 0 spiro atoms. The van der Waals surface area contributed by atoms with Crippen LogP contribution in [0.5, 0.6) is 0 Å². The number of rotatable bonds is 6. The molecule has 0 unspecified atom stereocenters. The van der Waals surface area contributed by atoms with Gasteiger partial charge in [0.2, 0.25) is 0 Å². The molecule has 31 heavy (non-hydrogen) atoms. The monoisotopic (exact) mass is 427 g/mol. The minimum absolute atomic E-state index is 0.0983. The molecule has 8 heteroatoms. The summed E-state index contributed by atoms with van der Waals surface area (Å²) in [5.41, 5.74) is 0.000242. The molecule has 2 aromatic heterocycles. The molecule has 1 aliphatic heterocycles. The van der Waals surface area contributed by atoms with Crippen LogP contribution in [0.2, 0.25) is 0 Å². The van der Waals surface area contributed by atoms with Crippen LogP contribution in [0.25, 0.3) is 6.08 Å². The number of carboxylic acids is 1. The summed E-state index contributed by atoms with van der Waals surface area (Å²) < 4.78 is 11.3. The van der Waals surface area contributed by atoms with Crippen LogP contribution in [0.1, 0.15) is 44.3 Å². The van der Waals surface area contributed by atoms with Gasteiger partial charge in [0, 0.05) is 25.4 Å². The lowest BCUT2D eigenvalue weighted by Gasteiger charge is -2.31. The molecular weight excluding hydrogens is 398 g/mol. The minimum Gasteiger partial charge on any atom is -0.478 e. The Morgan fingerprint density at radius 3 is 2.68 bits per heavy atom. The third-order valence-electron chi connectivity index (χ3n) is 4.81. The molecular formula is C23H29N3O5. The SMILES string of the molecule is Cc1ccc(CN2CC[C@@H](N(C(=O)OC(C)(C)C)c3ccc(/C=C/C(=O)O)cn3)C2)o1. The molecule has 1 aliphatic rings. The van der Waals surface area contributed by atoms with E-state index >= 15 is 0 Å². The number of aliphatic carboxylic acids is 1. The van der Waals surface area contributed by atoms with Crippen molar-refractivity contribution >= 4 is 24.0 Å². The van der Waals surface area contributed by atoms with Crippen molar-refractivity contribution in [2.24, 2.45) is 0 Å². The van der Waals surface area contributed by atoms with Crippen LogP contribution in [0.15, 0.2) is 41.0 Å². The zero-order valence-corrected chi connectivity index (χ0v) is 18.4. The maximum Gasteiger partial charge on any atom is 0.416 e. The van der Waals surface area contributed by atoms with Gasteiger partial charge in [0.1, 0.15) is 22.9 Å². The lowest BCUT2D eigenvalue weighted by atomic mass is 10.2. The maximum absolute atomic E-state index is 13.0. The van der Waals surface area contributed by atoms with E-state index in [1.54, 1.807) is 23.2 Å². The van der Waals surface area contributed by atoms with Crippen molar-refractivity contribution in [3.05, 3.63) is 53.6 Å². The van der Waals surface area contributed by atoms with Crippen LogP contribution in [0.4, 0.5) is 10.6 Å². The number of aromatic nitrogens is 1. The van der Waals surface area contributed by atoms with E-state index in [-0.39, 0.29) is 6.04 Å². The zero-order chi connectivity index (χ0) is 22.6. The van der Waals surface area contributed by atoms with E-state index in [9.17, 15) is 9.59 Å². The van der Waals surface area contributed by atoms with Crippen molar-refractivity contribution in [3.8, 4) is 0 Å². The molecule has 2 aromatic rings. The van der Waals surface area contributed by atoms with Crippen molar-refractivity contribution in [1.29, 1.82) is 0 Å². The number of pyridine rings is 1. The van der Waals surface area contributed by atoms with Gasteiger partial charge in [-0.05, 0) is 70.0 Å². The zero-order valence-electron chi connectivity index (χ0n) is 18.4. The predicted molar refractivity (Wildman–Crippen MR) is 117 cm³/mol. The quantitative estimate of drug-likeness (QED) is 0.694. The second-order valence-electron chi connectivity index (χ2n) is 8.66. The van der Waals surface area contributed by atoms with Gasteiger partial charge in [0.25, 0.3) is 0 Å². The third kappa shape index (κ3) is 6.42. The molecule has 1 fully saturated rings. The average molecular weight is 428 g/mol. The van der Waals surface area contributed by atoms with Gasteiger partial charge in [-0.15, -0.1) is 0 Å². The Morgan fingerprint density at radius 2 is 2.10 bits per heavy atom. The van der Waals surface area contributed by atoms with Crippen molar-refractivity contribution in [1.82, 2.24) is 9.88 Å². The molecule has 1 N–H and O–H groups in total. The van der Waals surface area contributed by atoms with Crippen molar-refractivity contribution in [2.45, 2.75) is 52.3 Å². The second kappa shape index (κ2) is 9.34. The van der Waals surface area contributed by atoms with Gasteiger partial charge in [0.05, 0.1) is 12.6 Å². The van der Waals surface area contributed by atoms with Crippen LogP contribution in [0.3, 0.4) is 0 Å². The predicted octanol–water partition coefficient (Wildman–Crippen LogP) is 4.10. The number of carbonyl (C=O) groups excluding carboxylic acids is 1. The first-order valence-electron chi connectivity index (χ1n) is 10.3. The van der Waals surface area contributed by atoms with E-state index in [2.05, 4.69) is 9.88 Å². The molecule has 0 bridgehead atoms. The minimum atomic E-state index is -1.03. The standard InChI is InChI=1S/C23H29N3O5/c1-16-5-8-19(30-16)15-25-12-11-18(14-25)26(22(29)31-23(2,3)4)20-9-6-17(13-24-20)7-10-21(27)28/h5-10,13,18H,11-12,14-15H2,1-4H3,(H,27,28)/b10-7+/t18-/m1/s1. The molecule has 8 nitrogen and oxygen atoms in total. The number of furan rings is 1. The van der Waals surface area contributed by atoms with Gasteiger partial charge < -0.3 is 14.3 Å². The van der Waals surface area contributed by atoms with E-state index in [0.29, 0.717) is 24.5 Å². The molecule has 166 valence electrons. The number of amides is 1. The highest BCUT2D eigenvalue weighted by atomic mass is 16.6.